The maximum Gasteiger partial charge on any atom is 0.371 e. The van der Waals surface area contributed by atoms with Crippen LogP contribution in [0.15, 0.2) is 80.6 Å². The summed E-state index contributed by atoms with van der Waals surface area (Å²) >= 11 is 0. The molecule has 1 aromatic heterocycles. The second-order valence-electron chi connectivity index (χ2n) is 7.66. The summed E-state index contributed by atoms with van der Waals surface area (Å²) in [5.74, 6) is -0.908. The highest BCUT2D eigenvalue weighted by molar-refractivity contribution is 6.05. The number of hydrogen-bond donors (Lipinski definition) is 1. The SMILES string of the molecule is O=C(O)c1ccc(OC2=C3N=C4CCCCC4=C3C(Cc3ccccc3F)C=C2)o1. The number of carboxylic acid groups (broad SMARTS) is 1. The van der Waals surface area contributed by atoms with Crippen LogP contribution in [0.4, 0.5) is 4.39 Å². The first-order valence-corrected chi connectivity index (χ1v) is 10.1. The number of fused-ring (bicyclic) bond motifs is 2. The van der Waals surface area contributed by atoms with Gasteiger partial charge in [-0.05, 0) is 67.0 Å². The van der Waals surface area contributed by atoms with E-state index in [1.54, 1.807) is 6.07 Å². The van der Waals surface area contributed by atoms with Gasteiger partial charge in [0.15, 0.2) is 5.76 Å². The van der Waals surface area contributed by atoms with Crippen molar-refractivity contribution in [3.05, 3.63) is 88.3 Å². The third-order valence-corrected chi connectivity index (χ3v) is 5.75. The predicted octanol–water partition coefficient (Wildman–Crippen LogP) is 5.46. The number of nitrogens with zero attached hydrogens (tertiary/aromatic N) is 1. The van der Waals surface area contributed by atoms with Crippen molar-refractivity contribution < 1.29 is 23.4 Å². The molecule has 1 aromatic carbocycles. The molecule has 1 N–H and O–H groups in total. The Bertz CT molecular complexity index is 1150. The number of benzene rings is 1. The number of carboxylic acids is 1. The van der Waals surface area contributed by atoms with Gasteiger partial charge in [0.2, 0.25) is 5.76 Å². The topological polar surface area (TPSA) is 72.0 Å². The first-order valence-electron chi connectivity index (χ1n) is 10.1. The number of ether oxygens (including phenoxy) is 1. The van der Waals surface area contributed by atoms with Crippen molar-refractivity contribution in [3.63, 3.8) is 0 Å². The summed E-state index contributed by atoms with van der Waals surface area (Å²) in [7, 11) is 0. The summed E-state index contributed by atoms with van der Waals surface area (Å²) < 4.78 is 25.4. The summed E-state index contributed by atoms with van der Waals surface area (Å²) in [5.41, 5.74) is 4.84. The number of halogens is 1. The van der Waals surface area contributed by atoms with Gasteiger partial charge in [-0.2, -0.15) is 0 Å². The Balaban J connectivity index is 1.51. The Hall–Kier alpha value is -3.41. The summed E-state index contributed by atoms with van der Waals surface area (Å²) in [5, 5.41) is 9.06. The fraction of sp³-hybridized carbons (Fsp3) is 0.250. The molecule has 0 radical (unpaired) electrons. The lowest BCUT2D eigenvalue weighted by Gasteiger charge is -2.24. The quantitative estimate of drug-likeness (QED) is 0.717. The zero-order valence-electron chi connectivity index (χ0n) is 16.2. The summed E-state index contributed by atoms with van der Waals surface area (Å²) in [6, 6.07) is 9.69. The van der Waals surface area contributed by atoms with Gasteiger partial charge in [-0.1, -0.05) is 24.3 Å². The van der Waals surface area contributed by atoms with Crippen molar-refractivity contribution in [2.24, 2.45) is 10.9 Å². The molecule has 3 aliphatic rings. The van der Waals surface area contributed by atoms with Crippen LogP contribution >= 0.6 is 0 Å². The van der Waals surface area contributed by atoms with Gasteiger partial charge in [-0.3, -0.25) is 0 Å². The Labute approximate surface area is 172 Å². The molecule has 30 heavy (non-hydrogen) atoms. The van der Waals surface area contributed by atoms with E-state index in [0.717, 1.165) is 42.7 Å². The average Bonchev–Trinajstić information content (AvgIpc) is 3.36. The number of allylic oxidation sites excluding steroid dienone is 4. The molecular weight excluding hydrogens is 385 g/mol. The molecule has 0 bridgehead atoms. The van der Waals surface area contributed by atoms with Crippen LogP contribution in [0.1, 0.15) is 41.8 Å². The second kappa shape index (κ2) is 7.44. The van der Waals surface area contributed by atoms with Crippen molar-refractivity contribution >= 4 is 11.7 Å². The highest BCUT2D eigenvalue weighted by Crippen LogP contribution is 2.44. The molecule has 1 unspecified atom stereocenters. The molecule has 5 rings (SSSR count). The molecule has 0 saturated heterocycles. The molecule has 6 heteroatoms. The Morgan fingerprint density at radius 3 is 2.83 bits per heavy atom. The lowest BCUT2D eigenvalue weighted by atomic mass is 9.80. The van der Waals surface area contributed by atoms with E-state index in [2.05, 4.69) is 0 Å². The summed E-state index contributed by atoms with van der Waals surface area (Å²) in [6.45, 7) is 0. The molecule has 2 aromatic rings. The molecule has 0 spiro atoms. The van der Waals surface area contributed by atoms with E-state index in [-0.39, 0.29) is 23.4 Å². The molecule has 1 aliphatic heterocycles. The number of aliphatic imine (C=N–C) groups is 1. The molecule has 1 fully saturated rings. The maximum absolute atomic E-state index is 14.3. The van der Waals surface area contributed by atoms with Crippen molar-refractivity contribution in [2.45, 2.75) is 32.1 Å². The van der Waals surface area contributed by atoms with Crippen LogP contribution in [0.25, 0.3) is 0 Å². The van der Waals surface area contributed by atoms with E-state index in [0.29, 0.717) is 17.7 Å². The third-order valence-electron chi connectivity index (χ3n) is 5.75. The van der Waals surface area contributed by atoms with Gasteiger partial charge in [0, 0.05) is 17.7 Å². The smallest absolute Gasteiger partial charge is 0.371 e. The molecule has 152 valence electrons. The minimum Gasteiger partial charge on any atom is -0.475 e. The van der Waals surface area contributed by atoms with Crippen molar-refractivity contribution in [3.8, 4) is 5.95 Å². The van der Waals surface area contributed by atoms with Crippen molar-refractivity contribution in [1.29, 1.82) is 0 Å². The molecule has 1 saturated carbocycles. The largest absolute Gasteiger partial charge is 0.475 e. The Morgan fingerprint density at radius 1 is 1.20 bits per heavy atom. The van der Waals surface area contributed by atoms with E-state index in [1.165, 1.54) is 23.8 Å². The minimum absolute atomic E-state index is 0.00443. The fourth-order valence-corrected chi connectivity index (χ4v) is 4.36. The van der Waals surface area contributed by atoms with Crippen LogP contribution in [0.2, 0.25) is 0 Å². The minimum atomic E-state index is -1.15. The first kappa shape index (κ1) is 18.6. The van der Waals surface area contributed by atoms with Crippen LogP contribution in [-0.4, -0.2) is 16.8 Å². The number of rotatable bonds is 5. The van der Waals surface area contributed by atoms with E-state index < -0.39 is 5.97 Å². The summed E-state index contributed by atoms with van der Waals surface area (Å²) in [6.07, 6.45) is 8.48. The Morgan fingerprint density at radius 2 is 2.03 bits per heavy atom. The Kier molecular flexibility index (Phi) is 4.62. The third kappa shape index (κ3) is 3.28. The first-order chi connectivity index (χ1) is 14.6. The van der Waals surface area contributed by atoms with E-state index in [9.17, 15) is 9.18 Å². The second-order valence-corrected chi connectivity index (χ2v) is 7.66. The monoisotopic (exact) mass is 405 g/mol. The highest BCUT2D eigenvalue weighted by Gasteiger charge is 2.34. The zero-order valence-corrected chi connectivity index (χ0v) is 16.2. The number of hydrogen-bond acceptors (Lipinski definition) is 4. The van der Waals surface area contributed by atoms with E-state index in [4.69, 9.17) is 19.3 Å². The van der Waals surface area contributed by atoms with Gasteiger partial charge in [0.05, 0.1) is 0 Å². The molecule has 0 amide bonds. The van der Waals surface area contributed by atoms with Crippen LogP contribution in [0.3, 0.4) is 0 Å². The molecular formula is C24H20FNO4. The average molecular weight is 405 g/mol. The standard InChI is InChI=1S/C24H20FNO4/c25-17-7-3-1-5-14(17)13-15-9-10-19(29-21-12-11-20(30-21)24(27)28)23-22(15)16-6-2-4-8-18(16)26-23/h1,3,5,7,9-12,15H,2,4,6,8,13H2,(H,27,28). The van der Waals surface area contributed by atoms with E-state index >= 15 is 0 Å². The van der Waals surface area contributed by atoms with Gasteiger partial charge in [-0.25, -0.2) is 14.2 Å². The summed E-state index contributed by atoms with van der Waals surface area (Å²) in [4.78, 5) is 15.9. The lowest BCUT2D eigenvalue weighted by Crippen LogP contribution is -2.16. The van der Waals surface area contributed by atoms with Crippen molar-refractivity contribution in [1.82, 2.24) is 0 Å². The van der Waals surface area contributed by atoms with Crippen LogP contribution < -0.4 is 4.74 Å². The lowest BCUT2D eigenvalue weighted by molar-refractivity contribution is 0.0656. The van der Waals surface area contributed by atoms with Gasteiger partial charge >= 0.3 is 5.97 Å². The number of aromatic carboxylic acids is 1. The van der Waals surface area contributed by atoms with Gasteiger partial charge < -0.3 is 14.3 Å². The maximum atomic E-state index is 14.3. The van der Waals surface area contributed by atoms with Gasteiger partial charge in [0.1, 0.15) is 11.5 Å². The molecule has 2 heterocycles. The molecule has 1 atom stereocenters. The van der Waals surface area contributed by atoms with Gasteiger partial charge in [-0.15, -0.1) is 0 Å². The van der Waals surface area contributed by atoms with Crippen LogP contribution in [-0.2, 0) is 6.42 Å². The molecule has 2 aliphatic carbocycles. The van der Waals surface area contributed by atoms with Crippen LogP contribution in [0, 0.1) is 11.7 Å². The zero-order chi connectivity index (χ0) is 20.7. The van der Waals surface area contributed by atoms with Gasteiger partial charge in [0.25, 0.3) is 5.95 Å². The highest BCUT2D eigenvalue weighted by atomic mass is 19.1. The predicted molar refractivity (Wildman–Crippen MR) is 109 cm³/mol. The van der Waals surface area contributed by atoms with Crippen molar-refractivity contribution in [2.75, 3.05) is 0 Å². The molecule has 5 nitrogen and oxygen atoms in total. The van der Waals surface area contributed by atoms with E-state index in [1.807, 2.05) is 24.3 Å². The van der Waals surface area contributed by atoms with Crippen LogP contribution in [0.5, 0.6) is 5.95 Å². The fourth-order valence-electron chi connectivity index (χ4n) is 4.36. The normalized spacial score (nSPS) is 20.2. The number of furan rings is 1. The number of carbonyl (C=O) groups is 1.